The molecule has 1 aliphatic rings. The lowest BCUT2D eigenvalue weighted by molar-refractivity contribution is 0.215. The first-order chi connectivity index (χ1) is 8.90. The minimum atomic E-state index is 0.484. The maximum Gasteiger partial charge on any atom is 0.146 e. The summed E-state index contributed by atoms with van der Waals surface area (Å²) in [5.74, 6) is 1.79. The lowest BCUT2D eigenvalue weighted by atomic mass is 9.94. The molecule has 0 fully saturated rings. The van der Waals surface area contributed by atoms with Crippen LogP contribution in [0.5, 0.6) is 5.75 Å². The number of fused-ring (bicyclic) bond motifs is 1. The van der Waals surface area contributed by atoms with Gasteiger partial charge in [-0.2, -0.15) is 0 Å². The smallest absolute Gasteiger partial charge is 0.146 e. The summed E-state index contributed by atoms with van der Waals surface area (Å²) in [7, 11) is 1.69. The van der Waals surface area contributed by atoms with Crippen molar-refractivity contribution in [3.8, 4) is 5.75 Å². The molecule has 1 aliphatic heterocycles. The molecule has 0 unspecified atom stereocenters. The van der Waals surface area contributed by atoms with Crippen molar-refractivity contribution in [2.75, 3.05) is 13.7 Å². The fraction of sp³-hybridized carbons (Fsp3) is 0.125. The lowest BCUT2D eigenvalue weighted by Crippen LogP contribution is -2.13. The van der Waals surface area contributed by atoms with E-state index in [1.807, 2.05) is 36.4 Å². The molecule has 0 bridgehead atoms. The summed E-state index contributed by atoms with van der Waals surface area (Å²) >= 11 is 0. The Hall–Kier alpha value is -2.22. The SMILES string of the molecule is COC1=C(c2ccccc2)c2ccccc2OC1. The van der Waals surface area contributed by atoms with Gasteiger partial charge >= 0.3 is 0 Å². The maximum atomic E-state index is 5.70. The van der Waals surface area contributed by atoms with Gasteiger partial charge in [-0.1, -0.05) is 48.5 Å². The minimum absolute atomic E-state index is 0.484. The van der Waals surface area contributed by atoms with E-state index in [0.717, 1.165) is 28.2 Å². The van der Waals surface area contributed by atoms with Gasteiger partial charge in [0.05, 0.1) is 7.11 Å². The van der Waals surface area contributed by atoms with Crippen molar-refractivity contribution in [1.29, 1.82) is 0 Å². The van der Waals surface area contributed by atoms with Crippen LogP contribution in [0.3, 0.4) is 0 Å². The Balaban J connectivity index is 2.22. The van der Waals surface area contributed by atoms with E-state index in [1.165, 1.54) is 0 Å². The van der Waals surface area contributed by atoms with Crippen LogP contribution in [0.4, 0.5) is 0 Å². The predicted molar refractivity (Wildman–Crippen MR) is 71.4 cm³/mol. The molecule has 2 aromatic carbocycles. The number of hydrogen-bond acceptors (Lipinski definition) is 2. The van der Waals surface area contributed by atoms with E-state index in [9.17, 15) is 0 Å². The second-order valence-corrected chi connectivity index (χ2v) is 4.15. The zero-order chi connectivity index (χ0) is 12.4. The largest absolute Gasteiger partial charge is 0.497 e. The van der Waals surface area contributed by atoms with Gasteiger partial charge in [0.15, 0.2) is 0 Å². The third-order valence-corrected chi connectivity index (χ3v) is 3.10. The third-order valence-electron chi connectivity index (χ3n) is 3.10. The highest BCUT2D eigenvalue weighted by molar-refractivity contribution is 5.85. The van der Waals surface area contributed by atoms with Crippen LogP contribution in [0, 0.1) is 0 Å². The van der Waals surface area contributed by atoms with Gasteiger partial charge in [0.25, 0.3) is 0 Å². The fourth-order valence-electron chi connectivity index (χ4n) is 2.25. The third kappa shape index (κ3) is 1.76. The zero-order valence-electron chi connectivity index (χ0n) is 10.2. The van der Waals surface area contributed by atoms with Crippen LogP contribution in [0.25, 0.3) is 5.57 Å². The standard InChI is InChI=1S/C16H14O2/c1-17-15-11-18-14-10-6-5-9-13(14)16(15)12-7-3-2-4-8-12/h2-10H,11H2,1H3. The Kier molecular flexibility index (Phi) is 2.77. The molecule has 0 spiro atoms. The molecule has 0 radical (unpaired) electrons. The van der Waals surface area contributed by atoms with Crippen LogP contribution in [-0.2, 0) is 4.74 Å². The monoisotopic (exact) mass is 238 g/mol. The van der Waals surface area contributed by atoms with Crippen molar-refractivity contribution in [3.05, 3.63) is 71.5 Å². The highest BCUT2D eigenvalue weighted by Gasteiger charge is 2.21. The molecule has 2 heteroatoms. The summed E-state index contributed by atoms with van der Waals surface area (Å²) in [5.41, 5.74) is 3.37. The van der Waals surface area contributed by atoms with E-state index in [0.29, 0.717) is 6.61 Å². The maximum absolute atomic E-state index is 5.70. The number of methoxy groups -OCH3 is 1. The van der Waals surface area contributed by atoms with E-state index in [-0.39, 0.29) is 0 Å². The van der Waals surface area contributed by atoms with Crippen molar-refractivity contribution in [2.45, 2.75) is 0 Å². The first-order valence-electron chi connectivity index (χ1n) is 5.95. The van der Waals surface area contributed by atoms with Crippen molar-refractivity contribution in [3.63, 3.8) is 0 Å². The number of rotatable bonds is 2. The molecule has 90 valence electrons. The highest BCUT2D eigenvalue weighted by Crippen LogP contribution is 2.37. The van der Waals surface area contributed by atoms with Gasteiger partial charge in [-0.25, -0.2) is 0 Å². The summed E-state index contributed by atoms with van der Waals surface area (Å²) < 4.78 is 11.2. The normalized spacial score (nSPS) is 13.8. The Morgan fingerprint density at radius 2 is 1.67 bits per heavy atom. The molecule has 1 heterocycles. The van der Waals surface area contributed by atoms with E-state index in [2.05, 4.69) is 18.2 Å². The lowest BCUT2D eigenvalue weighted by Gasteiger charge is -2.23. The van der Waals surface area contributed by atoms with Crippen LogP contribution in [0.2, 0.25) is 0 Å². The number of ether oxygens (including phenoxy) is 2. The summed E-state index contributed by atoms with van der Waals surface area (Å²) in [6.45, 7) is 0.484. The molecule has 2 aromatic rings. The van der Waals surface area contributed by atoms with Gasteiger partial charge in [0, 0.05) is 11.1 Å². The van der Waals surface area contributed by atoms with E-state index in [1.54, 1.807) is 7.11 Å². The molecule has 0 amide bonds. The fourth-order valence-corrected chi connectivity index (χ4v) is 2.25. The van der Waals surface area contributed by atoms with Crippen LogP contribution >= 0.6 is 0 Å². The summed E-state index contributed by atoms with van der Waals surface area (Å²) in [6, 6.07) is 18.3. The first-order valence-corrected chi connectivity index (χ1v) is 5.95. The van der Waals surface area contributed by atoms with Gasteiger partial charge in [-0.15, -0.1) is 0 Å². The number of hydrogen-bond donors (Lipinski definition) is 0. The van der Waals surface area contributed by atoms with Crippen LogP contribution < -0.4 is 4.74 Å². The summed E-state index contributed by atoms with van der Waals surface area (Å²) in [4.78, 5) is 0. The Bertz CT molecular complexity index is 585. The molecule has 0 atom stereocenters. The van der Waals surface area contributed by atoms with Crippen molar-refractivity contribution in [1.82, 2.24) is 0 Å². The van der Waals surface area contributed by atoms with Gasteiger partial charge < -0.3 is 9.47 Å². The van der Waals surface area contributed by atoms with Crippen molar-refractivity contribution < 1.29 is 9.47 Å². The van der Waals surface area contributed by atoms with Crippen molar-refractivity contribution in [2.24, 2.45) is 0 Å². The average molecular weight is 238 g/mol. The molecule has 0 N–H and O–H groups in total. The second-order valence-electron chi connectivity index (χ2n) is 4.15. The molecule has 0 aromatic heterocycles. The Morgan fingerprint density at radius 1 is 0.944 bits per heavy atom. The predicted octanol–water partition coefficient (Wildman–Crippen LogP) is 3.48. The quantitative estimate of drug-likeness (QED) is 0.797. The molecule has 3 rings (SSSR count). The van der Waals surface area contributed by atoms with E-state index >= 15 is 0 Å². The molecular formula is C16H14O2. The number of para-hydroxylation sites is 1. The first kappa shape index (κ1) is 10.9. The second kappa shape index (κ2) is 4.57. The van der Waals surface area contributed by atoms with E-state index in [4.69, 9.17) is 9.47 Å². The van der Waals surface area contributed by atoms with Gasteiger partial charge in [0.2, 0.25) is 0 Å². The minimum Gasteiger partial charge on any atom is -0.497 e. The van der Waals surface area contributed by atoms with Crippen LogP contribution in [-0.4, -0.2) is 13.7 Å². The van der Waals surface area contributed by atoms with Crippen molar-refractivity contribution >= 4 is 5.57 Å². The molecule has 0 aliphatic carbocycles. The average Bonchev–Trinajstić information content (AvgIpc) is 2.47. The number of benzene rings is 2. The highest BCUT2D eigenvalue weighted by atomic mass is 16.5. The zero-order valence-corrected chi connectivity index (χ0v) is 10.2. The van der Waals surface area contributed by atoms with Gasteiger partial charge in [-0.05, 0) is 11.6 Å². The van der Waals surface area contributed by atoms with Gasteiger partial charge in [0.1, 0.15) is 18.1 Å². The Labute approximate surface area is 106 Å². The summed E-state index contributed by atoms with van der Waals surface area (Å²) in [5, 5.41) is 0. The molecule has 0 saturated heterocycles. The molecular weight excluding hydrogens is 224 g/mol. The Morgan fingerprint density at radius 3 is 2.44 bits per heavy atom. The molecule has 0 saturated carbocycles. The van der Waals surface area contributed by atoms with Crippen LogP contribution in [0.1, 0.15) is 11.1 Å². The summed E-state index contributed by atoms with van der Waals surface area (Å²) in [6.07, 6.45) is 0. The topological polar surface area (TPSA) is 18.5 Å². The molecule has 2 nitrogen and oxygen atoms in total. The molecule has 18 heavy (non-hydrogen) atoms. The van der Waals surface area contributed by atoms with Crippen LogP contribution in [0.15, 0.2) is 60.4 Å². The van der Waals surface area contributed by atoms with Gasteiger partial charge in [-0.3, -0.25) is 0 Å². The van der Waals surface area contributed by atoms with E-state index < -0.39 is 0 Å².